The molecular formula is C21H21FN2O. The molecule has 0 amide bonds. The van der Waals surface area contributed by atoms with Crippen molar-refractivity contribution in [1.29, 1.82) is 0 Å². The Labute approximate surface area is 147 Å². The molecule has 4 rings (SSSR count). The lowest BCUT2D eigenvalue weighted by molar-refractivity contribution is 0.0288. The molecule has 2 heterocycles. The third-order valence-corrected chi connectivity index (χ3v) is 4.62. The summed E-state index contributed by atoms with van der Waals surface area (Å²) < 4.78 is 21.1. The van der Waals surface area contributed by atoms with Crippen molar-refractivity contribution < 1.29 is 9.13 Å². The van der Waals surface area contributed by atoms with Crippen LogP contribution in [0, 0.1) is 12.7 Å². The molecule has 1 fully saturated rings. The molecule has 0 unspecified atom stereocenters. The van der Waals surface area contributed by atoms with Gasteiger partial charge in [0.15, 0.2) is 0 Å². The van der Waals surface area contributed by atoms with E-state index in [1.165, 1.54) is 23.3 Å². The molecule has 1 aliphatic rings. The van der Waals surface area contributed by atoms with Crippen LogP contribution in [0.1, 0.15) is 22.9 Å². The number of aromatic nitrogens is 1. The summed E-state index contributed by atoms with van der Waals surface area (Å²) >= 11 is 0. The molecule has 3 nitrogen and oxygen atoms in total. The fourth-order valence-electron chi connectivity index (χ4n) is 3.23. The highest BCUT2D eigenvalue weighted by atomic mass is 19.1. The van der Waals surface area contributed by atoms with E-state index < -0.39 is 0 Å². The van der Waals surface area contributed by atoms with Gasteiger partial charge in [-0.15, -0.1) is 0 Å². The molecule has 1 aliphatic heterocycles. The van der Waals surface area contributed by atoms with Crippen LogP contribution in [0.15, 0.2) is 67.0 Å². The van der Waals surface area contributed by atoms with E-state index in [0.29, 0.717) is 0 Å². The van der Waals surface area contributed by atoms with E-state index in [-0.39, 0.29) is 12.0 Å². The van der Waals surface area contributed by atoms with Crippen LogP contribution in [0.3, 0.4) is 0 Å². The molecule has 0 saturated carbocycles. The van der Waals surface area contributed by atoms with Gasteiger partial charge in [0, 0.05) is 36.7 Å². The summed E-state index contributed by atoms with van der Waals surface area (Å²) in [6, 6.07) is 17.2. The van der Waals surface area contributed by atoms with Crippen molar-refractivity contribution in [2.75, 3.05) is 13.2 Å². The zero-order valence-electron chi connectivity index (χ0n) is 14.2. The molecule has 2 aromatic carbocycles. The second-order valence-electron chi connectivity index (χ2n) is 6.51. The molecule has 0 spiro atoms. The maximum Gasteiger partial charge on any atom is 0.138 e. The number of nitrogens with zero attached hydrogens (tertiary/aromatic N) is 2. The summed E-state index contributed by atoms with van der Waals surface area (Å²) in [4.78, 5) is 2.34. The minimum Gasteiger partial charge on any atom is -0.357 e. The average Bonchev–Trinajstić information content (AvgIpc) is 3.27. The Kier molecular flexibility index (Phi) is 4.38. The van der Waals surface area contributed by atoms with E-state index >= 15 is 0 Å². The number of halogens is 1. The molecule has 25 heavy (non-hydrogen) atoms. The molecule has 3 aromatic rings. The fourth-order valence-corrected chi connectivity index (χ4v) is 3.23. The maximum atomic E-state index is 13.1. The third-order valence-electron chi connectivity index (χ3n) is 4.62. The van der Waals surface area contributed by atoms with Gasteiger partial charge in [-0.2, -0.15) is 0 Å². The van der Waals surface area contributed by atoms with Crippen LogP contribution >= 0.6 is 0 Å². The van der Waals surface area contributed by atoms with Gasteiger partial charge in [-0.25, -0.2) is 4.39 Å². The van der Waals surface area contributed by atoms with Gasteiger partial charge in [0.2, 0.25) is 0 Å². The van der Waals surface area contributed by atoms with Crippen LogP contribution in [-0.4, -0.2) is 22.6 Å². The summed E-state index contributed by atoms with van der Waals surface area (Å²) in [6.07, 6.45) is 4.02. The molecular weight excluding hydrogens is 315 g/mol. The van der Waals surface area contributed by atoms with E-state index in [9.17, 15) is 4.39 Å². The van der Waals surface area contributed by atoms with Crippen LogP contribution < -0.4 is 0 Å². The molecule has 1 aromatic heterocycles. The molecule has 128 valence electrons. The van der Waals surface area contributed by atoms with E-state index in [1.807, 2.05) is 10.8 Å². The summed E-state index contributed by atoms with van der Waals surface area (Å²) in [7, 11) is 0. The van der Waals surface area contributed by atoms with E-state index in [4.69, 9.17) is 4.74 Å². The third kappa shape index (κ3) is 3.50. The van der Waals surface area contributed by atoms with Gasteiger partial charge in [0.25, 0.3) is 0 Å². The molecule has 1 atom stereocenters. The first kappa shape index (κ1) is 16.1. The van der Waals surface area contributed by atoms with Gasteiger partial charge in [-0.05, 0) is 42.8 Å². The number of hydrogen-bond donors (Lipinski definition) is 0. The maximum absolute atomic E-state index is 13.1. The minimum atomic E-state index is -0.223. The average molecular weight is 336 g/mol. The number of benzene rings is 2. The summed E-state index contributed by atoms with van der Waals surface area (Å²) in [5, 5.41) is 0. The van der Waals surface area contributed by atoms with Crippen LogP contribution in [0.5, 0.6) is 0 Å². The zero-order chi connectivity index (χ0) is 17.2. The quantitative estimate of drug-likeness (QED) is 0.700. The Morgan fingerprint density at radius 1 is 1.04 bits per heavy atom. The highest BCUT2D eigenvalue weighted by molar-refractivity contribution is 5.34. The lowest BCUT2D eigenvalue weighted by atomic mass is 10.1. The van der Waals surface area contributed by atoms with E-state index in [1.54, 1.807) is 12.1 Å². The first-order chi connectivity index (χ1) is 12.2. The number of ether oxygens (including phenoxy) is 1. The van der Waals surface area contributed by atoms with Crippen LogP contribution in [0.25, 0.3) is 5.69 Å². The Morgan fingerprint density at radius 3 is 2.56 bits per heavy atom. The van der Waals surface area contributed by atoms with Crippen molar-refractivity contribution in [2.24, 2.45) is 0 Å². The van der Waals surface area contributed by atoms with Crippen molar-refractivity contribution in [1.82, 2.24) is 9.47 Å². The largest absolute Gasteiger partial charge is 0.357 e. The highest BCUT2D eigenvalue weighted by Gasteiger charge is 2.27. The topological polar surface area (TPSA) is 17.4 Å². The lowest BCUT2D eigenvalue weighted by Gasteiger charge is -2.22. The monoisotopic (exact) mass is 336 g/mol. The Balaban J connectivity index is 1.52. The fraction of sp³-hybridized carbons (Fsp3) is 0.238. The second-order valence-corrected chi connectivity index (χ2v) is 6.51. The molecule has 0 bridgehead atoms. The number of hydrogen-bond acceptors (Lipinski definition) is 2. The van der Waals surface area contributed by atoms with Crippen molar-refractivity contribution in [2.45, 2.75) is 19.7 Å². The molecule has 0 aliphatic carbocycles. The first-order valence-corrected chi connectivity index (χ1v) is 8.54. The minimum absolute atomic E-state index is 0.0389. The van der Waals surface area contributed by atoms with Crippen LogP contribution in [0.4, 0.5) is 4.39 Å². The van der Waals surface area contributed by atoms with Crippen molar-refractivity contribution in [3.63, 3.8) is 0 Å². The van der Waals surface area contributed by atoms with Crippen molar-refractivity contribution in [3.05, 3.63) is 89.5 Å². The summed E-state index contributed by atoms with van der Waals surface area (Å²) in [5.41, 5.74) is 4.62. The second kappa shape index (κ2) is 6.82. The number of rotatable bonds is 4. The summed E-state index contributed by atoms with van der Waals surface area (Å²) in [6.45, 7) is 4.62. The van der Waals surface area contributed by atoms with Crippen molar-refractivity contribution in [3.8, 4) is 5.69 Å². The predicted octanol–water partition coefficient (Wildman–Crippen LogP) is 4.46. The normalized spacial score (nSPS) is 17.9. The summed E-state index contributed by atoms with van der Waals surface area (Å²) in [5.74, 6) is -0.223. The lowest BCUT2D eigenvalue weighted by Crippen LogP contribution is -2.23. The Bertz CT molecular complexity index is 839. The van der Waals surface area contributed by atoms with Crippen LogP contribution in [-0.2, 0) is 11.3 Å². The highest BCUT2D eigenvalue weighted by Crippen LogP contribution is 2.29. The van der Waals surface area contributed by atoms with Gasteiger partial charge in [0.1, 0.15) is 12.0 Å². The molecule has 0 radical (unpaired) electrons. The van der Waals surface area contributed by atoms with Gasteiger partial charge in [0.05, 0.1) is 6.61 Å². The molecule has 0 N–H and O–H groups in total. The van der Waals surface area contributed by atoms with Gasteiger partial charge < -0.3 is 9.30 Å². The van der Waals surface area contributed by atoms with E-state index in [0.717, 1.165) is 30.9 Å². The van der Waals surface area contributed by atoms with Gasteiger partial charge >= 0.3 is 0 Å². The SMILES string of the molecule is Cc1ccc(CN2CCO[C@H]2c2ccn(-c3ccc(F)cc3)c2)cc1. The first-order valence-electron chi connectivity index (χ1n) is 8.54. The molecule has 4 heteroatoms. The predicted molar refractivity (Wildman–Crippen MR) is 96.0 cm³/mol. The Morgan fingerprint density at radius 2 is 1.80 bits per heavy atom. The molecule has 1 saturated heterocycles. The number of aryl methyl sites for hydroxylation is 1. The standard InChI is InChI=1S/C21H21FN2O/c1-16-2-4-17(5-3-16)14-24-12-13-25-21(24)18-10-11-23(15-18)20-8-6-19(22)7-9-20/h2-11,15,21H,12-14H2,1H3/t21-/m0/s1. The van der Waals surface area contributed by atoms with E-state index in [2.05, 4.69) is 48.4 Å². The Hall–Kier alpha value is -2.43. The smallest absolute Gasteiger partial charge is 0.138 e. The zero-order valence-corrected chi connectivity index (χ0v) is 14.2. The van der Waals surface area contributed by atoms with Crippen molar-refractivity contribution >= 4 is 0 Å². The van der Waals surface area contributed by atoms with Gasteiger partial charge in [-0.3, -0.25) is 4.90 Å². The van der Waals surface area contributed by atoms with Crippen LogP contribution in [0.2, 0.25) is 0 Å². The van der Waals surface area contributed by atoms with Gasteiger partial charge in [-0.1, -0.05) is 29.8 Å².